The van der Waals surface area contributed by atoms with Gasteiger partial charge in [0.25, 0.3) is 5.56 Å². The summed E-state index contributed by atoms with van der Waals surface area (Å²) < 4.78 is 19.7. The molecule has 49 heavy (non-hydrogen) atoms. The molecule has 5 aromatic rings. The lowest BCUT2D eigenvalue weighted by Crippen LogP contribution is -2.40. The van der Waals surface area contributed by atoms with Crippen LogP contribution in [0.3, 0.4) is 0 Å². The minimum absolute atomic E-state index is 0.189. The second-order valence-electron chi connectivity index (χ2n) is 11.8. The van der Waals surface area contributed by atoms with E-state index in [2.05, 4.69) is 13.8 Å². The maximum Gasteiger partial charge on any atom is 0.338 e. The third-order valence-electron chi connectivity index (χ3n) is 8.20. The molecule has 0 aliphatic carbocycles. The van der Waals surface area contributed by atoms with Crippen LogP contribution in [-0.4, -0.2) is 23.8 Å². The molecule has 0 amide bonds. The Morgan fingerprint density at radius 2 is 1.65 bits per heavy atom. The van der Waals surface area contributed by atoms with Gasteiger partial charge in [-0.15, -0.1) is 0 Å². The smallest absolute Gasteiger partial charge is 0.338 e. The first-order chi connectivity index (χ1) is 23.8. The molecule has 0 unspecified atom stereocenters. The van der Waals surface area contributed by atoms with Crippen LogP contribution in [0.5, 0.6) is 11.5 Å². The number of hydrogen-bond donors (Lipinski definition) is 0. The summed E-state index contributed by atoms with van der Waals surface area (Å²) in [7, 11) is 0. The largest absolute Gasteiger partial charge is 0.490 e. The molecule has 0 spiro atoms. The van der Waals surface area contributed by atoms with Gasteiger partial charge in [0.15, 0.2) is 16.3 Å². The summed E-state index contributed by atoms with van der Waals surface area (Å²) in [6.07, 6.45) is 1.82. The first-order valence-corrected chi connectivity index (χ1v) is 17.5. The molecular formula is C40H37ClN2O5S. The van der Waals surface area contributed by atoms with Crippen molar-refractivity contribution in [1.29, 1.82) is 0 Å². The lowest BCUT2D eigenvalue weighted by atomic mass is 9.91. The molecule has 0 radical (unpaired) electrons. The quantitative estimate of drug-likeness (QED) is 0.133. The van der Waals surface area contributed by atoms with Crippen LogP contribution in [0.4, 0.5) is 0 Å². The van der Waals surface area contributed by atoms with Crippen molar-refractivity contribution in [3.05, 3.63) is 155 Å². The summed E-state index contributed by atoms with van der Waals surface area (Å²) in [6, 6.07) is 30.0. The Bertz CT molecular complexity index is 2190. The second-order valence-corrected chi connectivity index (χ2v) is 13.2. The molecule has 0 saturated carbocycles. The van der Waals surface area contributed by atoms with Gasteiger partial charge in [0.05, 0.1) is 35.1 Å². The van der Waals surface area contributed by atoms with E-state index in [1.165, 1.54) is 11.3 Å². The van der Waals surface area contributed by atoms with E-state index in [0.717, 1.165) is 27.8 Å². The number of nitrogens with zero attached hydrogens (tertiary/aromatic N) is 2. The summed E-state index contributed by atoms with van der Waals surface area (Å²) >= 11 is 7.61. The fourth-order valence-electron chi connectivity index (χ4n) is 5.74. The molecule has 1 aliphatic heterocycles. The molecular weight excluding hydrogens is 656 g/mol. The van der Waals surface area contributed by atoms with Crippen molar-refractivity contribution in [3.63, 3.8) is 0 Å². The van der Waals surface area contributed by atoms with Crippen molar-refractivity contribution in [2.75, 3.05) is 13.2 Å². The normalized spacial score (nSPS) is 14.4. The maximum atomic E-state index is 14.4. The standard InChI is InChI=1S/C40H37ClN2O5S/c1-5-46-33-22-26(16-21-32(33)48-24-30-14-10-11-15-31(30)41)23-34-38(44)43-37(29-19-17-27(18-20-29)25(3)4)35(39(45)47-6-2)36(42-40(43)49-34)28-12-8-7-9-13-28/h7-23,25,37H,5-6,24H2,1-4H3/b34-23-/t37-/m1/s1. The third kappa shape index (κ3) is 7.26. The third-order valence-corrected chi connectivity index (χ3v) is 9.55. The van der Waals surface area contributed by atoms with Crippen molar-refractivity contribution in [3.8, 4) is 11.5 Å². The molecule has 7 nitrogen and oxygen atoms in total. The Morgan fingerprint density at radius 1 is 0.918 bits per heavy atom. The van der Waals surface area contributed by atoms with Gasteiger partial charge < -0.3 is 14.2 Å². The van der Waals surface area contributed by atoms with Crippen LogP contribution in [0.1, 0.15) is 67.5 Å². The number of fused-ring (bicyclic) bond motifs is 1. The first kappa shape index (κ1) is 34.0. The molecule has 0 bridgehead atoms. The van der Waals surface area contributed by atoms with Crippen molar-refractivity contribution in [2.45, 2.75) is 46.3 Å². The molecule has 9 heteroatoms. The molecule has 1 atom stereocenters. The van der Waals surface area contributed by atoms with Gasteiger partial charge in [-0.1, -0.05) is 116 Å². The summed E-state index contributed by atoms with van der Waals surface area (Å²) in [5.74, 6) is 0.934. The SMILES string of the molecule is CCOC(=O)C1=C(c2ccccc2)N=c2s/c(=C\c3ccc(OCc4ccccc4Cl)c(OCC)c3)c(=O)n2[C@@H]1c1ccc(C(C)C)cc1. The molecule has 2 heterocycles. The Labute approximate surface area is 294 Å². The number of ether oxygens (including phenoxy) is 3. The van der Waals surface area contributed by atoms with Crippen molar-refractivity contribution in [1.82, 2.24) is 4.57 Å². The molecule has 0 N–H and O–H groups in total. The summed E-state index contributed by atoms with van der Waals surface area (Å²) in [5.41, 5.74) is 4.89. The molecule has 6 rings (SSSR count). The highest BCUT2D eigenvalue weighted by molar-refractivity contribution is 7.07. The Hall–Kier alpha value is -4.92. The van der Waals surface area contributed by atoms with Gasteiger partial charge >= 0.3 is 5.97 Å². The number of carbonyl (C=O) groups is 1. The minimum Gasteiger partial charge on any atom is -0.490 e. The minimum atomic E-state index is -0.742. The molecule has 0 saturated heterocycles. The fourth-order valence-corrected chi connectivity index (χ4v) is 6.93. The van der Waals surface area contributed by atoms with Crippen LogP contribution in [0, 0.1) is 0 Å². The number of hydrogen-bond acceptors (Lipinski definition) is 7. The van der Waals surface area contributed by atoms with Crippen molar-refractivity contribution < 1.29 is 19.0 Å². The average molecular weight is 693 g/mol. The van der Waals surface area contributed by atoms with E-state index in [0.29, 0.717) is 49.7 Å². The second kappa shape index (κ2) is 15.1. The highest BCUT2D eigenvalue weighted by atomic mass is 35.5. The summed E-state index contributed by atoms with van der Waals surface area (Å²) in [4.78, 5) is 33.6. The zero-order valence-corrected chi connectivity index (χ0v) is 29.4. The van der Waals surface area contributed by atoms with E-state index < -0.39 is 12.0 Å². The van der Waals surface area contributed by atoms with Crippen molar-refractivity contribution >= 4 is 40.7 Å². The zero-order chi connectivity index (χ0) is 34.5. The van der Waals surface area contributed by atoms with Crippen LogP contribution in [-0.2, 0) is 16.1 Å². The Kier molecular flexibility index (Phi) is 10.5. The monoisotopic (exact) mass is 692 g/mol. The highest BCUT2D eigenvalue weighted by Gasteiger charge is 2.35. The maximum absolute atomic E-state index is 14.4. The van der Waals surface area contributed by atoms with Gasteiger partial charge in [-0.25, -0.2) is 9.79 Å². The van der Waals surface area contributed by atoms with E-state index >= 15 is 0 Å². The van der Waals surface area contributed by atoms with Crippen LogP contribution < -0.4 is 24.4 Å². The number of rotatable bonds is 11. The van der Waals surface area contributed by atoms with Gasteiger partial charge in [-0.3, -0.25) is 9.36 Å². The predicted octanol–water partition coefficient (Wildman–Crippen LogP) is 7.69. The number of halogens is 1. The van der Waals surface area contributed by atoms with E-state index in [1.54, 1.807) is 11.5 Å². The number of esters is 1. The highest BCUT2D eigenvalue weighted by Crippen LogP contribution is 2.36. The Balaban J connectivity index is 1.48. The molecule has 250 valence electrons. The van der Waals surface area contributed by atoms with Gasteiger partial charge in [-0.2, -0.15) is 0 Å². The van der Waals surface area contributed by atoms with E-state index in [9.17, 15) is 9.59 Å². The first-order valence-electron chi connectivity index (χ1n) is 16.3. The molecule has 1 aromatic heterocycles. The number of carbonyl (C=O) groups excluding carboxylic acids is 1. The van der Waals surface area contributed by atoms with Crippen LogP contribution >= 0.6 is 22.9 Å². The van der Waals surface area contributed by atoms with Gasteiger partial charge in [0.1, 0.15) is 6.61 Å². The van der Waals surface area contributed by atoms with E-state index in [-0.39, 0.29) is 18.8 Å². The lowest BCUT2D eigenvalue weighted by molar-refractivity contribution is -0.138. The lowest BCUT2D eigenvalue weighted by Gasteiger charge is -2.26. The zero-order valence-electron chi connectivity index (χ0n) is 27.8. The van der Waals surface area contributed by atoms with E-state index in [4.69, 9.17) is 30.8 Å². The predicted molar refractivity (Wildman–Crippen MR) is 195 cm³/mol. The van der Waals surface area contributed by atoms with Crippen molar-refractivity contribution in [2.24, 2.45) is 4.99 Å². The number of benzene rings is 4. The van der Waals surface area contributed by atoms with Crippen LogP contribution in [0.2, 0.25) is 5.02 Å². The van der Waals surface area contributed by atoms with Crippen LogP contribution in [0.15, 0.2) is 112 Å². The topological polar surface area (TPSA) is 79.1 Å². The molecule has 0 fully saturated rings. The van der Waals surface area contributed by atoms with Gasteiger partial charge in [0.2, 0.25) is 0 Å². The fraction of sp³-hybridized carbons (Fsp3) is 0.225. The van der Waals surface area contributed by atoms with Crippen LogP contribution in [0.25, 0.3) is 11.8 Å². The molecule has 4 aromatic carbocycles. The summed E-state index contributed by atoms with van der Waals surface area (Å²) in [5, 5.41) is 0.628. The van der Waals surface area contributed by atoms with Gasteiger partial charge in [0, 0.05) is 16.1 Å². The summed E-state index contributed by atoms with van der Waals surface area (Å²) in [6.45, 7) is 8.83. The Morgan fingerprint density at radius 3 is 2.35 bits per heavy atom. The number of aromatic nitrogens is 1. The molecule has 1 aliphatic rings. The average Bonchev–Trinajstić information content (AvgIpc) is 3.42. The van der Waals surface area contributed by atoms with E-state index in [1.807, 2.05) is 110 Å². The van der Waals surface area contributed by atoms with Gasteiger partial charge in [-0.05, 0) is 60.7 Å². The number of thiazole rings is 1.